The first kappa shape index (κ1) is 27.5. The summed E-state index contributed by atoms with van der Waals surface area (Å²) in [6, 6.07) is 6.40. The van der Waals surface area contributed by atoms with Crippen molar-refractivity contribution in [2.24, 2.45) is 0 Å². The van der Waals surface area contributed by atoms with Gasteiger partial charge in [0.1, 0.15) is 40.7 Å². The van der Waals surface area contributed by atoms with Crippen molar-refractivity contribution in [2.45, 2.75) is 64.3 Å². The number of methoxy groups -OCH3 is 1. The topological polar surface area (TPSA) is 104 Å². The first-order chi connectivity index (χ1) is 19.0. The van der Waals surface area contributed by atoms with E-state index in [0.717, 1.165) is 19.3 Å². The lowest BCUT2D eigenvalue weighted by atomic mass is 10.1. The van der Waals surface area contributed by atoms with Crippen molar-refractivity contribution in [1.29, 1.82) is 0 Å². The third kappa shape index (κ3) is 6.05. The van der Waals surface area contributed by atoms with E-state index in [9.17, 15) is 18.4 Å². The molecule has 1 saturated heterocycles. The van der Waals surface area contributed by atoms with E-state index in [1.54, 1.807) is 39.9 Å². The fourth-order valence-corrected chi connectivity index (χ4v) is 4.43. The predicted octanol–water partition coefficient (Wildman–Crippen LogP) is 4.89. The highest BCUT2D eigenvalue weighted by Crippen LogP contribution is 2.37. The summed E-state index contributed by atoms with van der Waals surface area (Å²) in [6.45, 7) is 3.27. The summed E-state index contributed by atoms with van der Waals surface area (Å²) >= 11 is 0. The van der Waals surface area contributed by atoms with Crippen LogP contribution in [0.3, 0.4) is 0 Å². The summed E-state index contributed by atoms with van der Waals surface area (Å²) in [5.74, 6) is -0.144. The minimum atomic E-state index is -3.13. The number of nitrogens with one attached hydrogen (secondary N) is 1. The van der Waals surface area contributed by atoms with E-state index in [1.807, 2.05) is 20.8 Å². The van der Waals surface area contributed by atoms with Gasteiger partial charge < -0.3 is 29.2 Å². The second kappa shape index (κ2) is 10.8. The van der Waals surface area contributed by atoms with Gasteiger partial charge in [-0.15, -0.1) is 0 Å². The van der Waals surface area contributed by atoms with Gasteiger partial charge in [-0.1, -0.05) is 0 Å². The van der Waals surface area contributed by atoms with Crippen molar-refractivity contribution in [3.05, 3.63) is 42.2 Å². The van der Waals surface area contributed by atoms with Crippen LogP contribution in [0, 0.1) is 0 Å². The number of hydrogen-bond acceptors (Lipinski definition) is 7. The highest BCUT2D eigenvalue weighted by Gasteiger charge is 2.36. The number of ether oxygens (including phenoxy) is 4. The molecule has 2 aromatic heterocycles. The zero-order valence-electron chi connectivity index (χ0n) is 22.8. The van der Waals surface area contributed by atoms with Crippen LogP contribution >= 0.6 is 0 Å². The molecule has 0 spiro atoms. The normalized spacial score (nSPS) is 17.0. The van der Waals surface area contributed by atoms with Crippen LogP contribution in [0.4, 0.5) is 13.6 Å². The average molecular weight is 559 g/mol. The van der Waals surface area contributed by atoms with Crippen LogP contribution in [0.1, 0.15) is 50.4 Å². The van der Waals surface area contributed by atoms with Crippen LogP contribution in [0.5, 0.6) is 17.2 Å². The van der Waals surface area contributed by atoms with E-state index in [2.05, 4.69) is 10.3 Å². The van der Waals surface area contributed by atoms with E-state index in [1.165, 1.54) is 13.2 Å². The second-order valence-corrected chi connectivity index (χ2v) is 10.8. The van der Waals surface area contributed by atoms with Gasteiger partial charge in [0.15, 0.2) is 0 Å². The Labute approximate surface area is 230 Å². The van der Waals surface area contributed by atoms with Crippen LogP contribution in [-0.2, 0) is 4.74 Å². The zero-order valence-corrected chi connectivity index (χ0v) is 22.8. The Morgan fingerprint density at radius 2 is 1.90 bits per heavy atom. The molecule has 12 heteroatoms. The molecule has 40 heavy (non-hydrogen) atoms. The first-order valence-electron chi connectivity index (χ1n) is 13.1. The molecule has 1 aliphatic heterocycles. The predicted molar refractivity (Wildman–Crippen MR) is 141 cm³/mol. The van der Waals surface area contributed by atoms with E-state index in [0.29, 0.717) is 35.8 Å². The molecule has 0 radical (unpaired) electrons. The van der Waals surface area contributed by atoms with Crippen molar-refractivity contribution in [1.82, 2.24) is 19.6 Å². The molecule has 10 nitrogen and oxygen atoms in total. The third-order valence-electron chi connectivity index (χ3n) is 6.64. The number of alkyl halides is 2. The molecular weight excluding hydrogens is 526 g/mol. The summed E-state index contributed by atoms with van der Waals surface area (Å²) in [4.78, 5) is 31.3. The molecule has 2 aliphatic rings. The number of halogens is 2. The molecule has 214 valence electrons. The fraction of sp³-hybridized carbons (Fsp3) is 0.464. The summed E-state index contributed by atoms with van der Waals surface area (Å²) < 4.78 is 49.9. The lowest BCUT2D eigenvalue weighted by Crippen LogP contribution is -2.55. The maximum absolute atomic E-state index is 13.3. The summed E-state index contributed by atoms with van der Waals surface area (Å²) in [7, 11) is 1.36. The number of likely N-dealkylation sites (tertiary alicyclic amines) is 1. The van der Waals surface area contributed by atoms with Gasteiger partial charge in [-0.3, -0.25) is 9.20 Å². The van der Waals surface area contributed by atoms with Gasteiger partial charge in [-0.2, -0.15) is 8.78 Å². The molecule has 1 unspecified atom stereocenters. The minimum Gasteiger partial charge on any atom is -0.496 e. The molecule has 5 rings (SSSR count). The summed E-state index contributed by atoms with van der Waals surface area (Å²) in [6.07, 6.45) is 5.46. The molecule has 2 fully saturated rings. The van der Waals surface area contributed by atoms with Crippen LogP contribution in [0.2, 0.25) is 0 Å². The van der Waals surface area contributed by atoms with Crippen molar-refractivity contribution < 1.29 is 37.3 Å². The highest BCUT2D eigenvalue weighted by atomic mass is 19.3. The molecular formula is C28H32F2N4O6. The van der Waals surface area contributed by atoms with Gasteiger partial charge in [0.25, 0.3) is 5.91 Å². The van der Waals surface area contributed by atoms with Crippen LogP contribution in [-0.4, -0.2) is 70.8 Å². The van der Waals surface area contributed by atoms with Crippen LogP contribution in [0.25, 0.3) is 16.9 Å². The number of carbonyl (C=O) groups is 2. The molecule has 1 aromatic carbocycles. The Kier molecular flexibility index (Phi) is 7.43. The quantitative estimate of drug-likeness (QED) is 0.399. The molecule has 1 N–H and O–H groups in total. The van der Waals surface area contributed by atoms with Gasteiger partial charge in [0.2, 0.25) is 0 Å². The van der Waals surface area contributed by atoms with Gasteiger partial charge in [0.05, 0.1) is 25.0 Å². The molecule has 2 amide bonds. The van der Waals surface area contributed by atoms with Crippen molar-refractivity contribution >= 4 is 17.6 Å². The van der Waals surface area contributed by atoms with Crippen molar-refractivity contribution in [3.63, 3.8) is 0 Å². The van der Waals surface area contributed by atoms with Gasteiger partial charge >= 0.3 is 12.7 Å². The monoisotopic (exact) mass is 558 g/mol. The summed E-state index contributed by atoms with van der Waals surface area (Å²) in [5.41, 5.74) is 0.943. The van der Waals surface area contributed by atoms with Gasteiger partial charge in [0, 0.05) is 30.4 Å². The smallest absolute Gasteiger partial charge is 0.410 e. The molecule has 1 aliphatic carbocycles. The number of amides is 2. The largest absolute Gasteiger partial charge is 0.496 e. The number of carbonyl (C=O) groups excluding carboxylic acids is 2. The Hall–Kier alpha value is -4.09. The average Bonchev–Trinajstić information content (AvgIpc) is 3.56. The van der Waals surface area contributed by atoms with Crippen LogP contribution in [0.15, 0.2) is 36.7 Å². The first-order valence-corrected chi connectivity index (χ1v) is 13.1. The lowest BCUT2D eigenvalue weighted by Gasteiger charge is -2.41. The SMILES string of the molecule is COc1cc(-c2cnc3cc(OCC4CCN4C(=O)OC(C)(C)C)ccn23)cc(OC(F)F)c1C(=O)NC1CC1. The highest BCUT2D eigenvalue weighted by molar-refractivity contribution is 6.01. The van der Waals surface area contributed by atoms with Gasteiger partial charge in [-0.05, 0) is 58.2 Å². The van der Waals surface area contributed by atoms with Crippen LogP contribution < -0.4 is 19.5 Å². The Morgan fingerprint density at radius 1 is 1.15 bits per heavy atom. The number of fused-ring (bicyclic) bond motifs is 1. The Balaban J connectivity index is 1.35. The number of rotatable bonds is 9. The lowest BCUT2D eigenvalue weighted by molar-refractivity contribution is -0.0502. The molecule has 0 bridgehead atoms. The number of imidazole rings is 1. The molecule has 1 atom stereocenters. The van der Waals surface area contributed by atoms with E-state index in [4.69, 9.17) is 18.9 Å². The second-order valence-electron chi connectivity index (χ2n) is 10.8. The third-order valence-corrected chi connectivity index (χ3v) is 6.64. The zero-order chi connectivity index (χ0) is 28.6. The van der Waals surface area contributed by atoms with Crippen molar-refractivity contribution in [3.8, 4) is 28.5 Å². The standard InChI is InChI=1S/C28H32F2N4O6/c1-28(2,3)40-27(36)33-9-7-18(33)15-38-19-8-10-34-20(14-31-23(34)13-19)16-11-21(37-4)24(22(12-16)39-26(29)30)25(35)32-17-5-6-17/h8,10-14,17-18,26H,5-7,9,15H2,1-4H3,(H,32,35). The fourth-order valence-electron chi connectivity index (χ4n) is 4.43. The Morgan fingerprint density at radius 3 is 2.52 bits per heavy atom. The molecule has 3 heterocycles. The number of aromatic nitrogens is 2. The number of nitrogens with zero attached hydrogens (tertiary/aromatic N) is 3. The van der Waals surface area contributed by atoms with Crippen molar-refractivity contribution in [2.75, 3.05) is 20.3 Å². The van der Waals surface area contributed by atoms with E-state index >= 15 is 0 Å². The Bertz CT molecular complexity index is 1420. The number of pyridine rings is 1. The van der Waals surface area contributed by atoms with E-state index in [-0.39, 0.29) is 35.2 Å². The molecule has 3 aromatic rings. The number of benzene rings is 1. The maximum atomic E-state index is 13.3. The molecule has 1 saturated carbocycles. The maximum Gasteiger partial charge on any atom is 0.410 e. The minimum absolute atomic E-state index is 0.0242. The number of hydrogen-bond donors (Lipinski definition) is 1. The van der Waals surface area contributed by atoms with E-state index < -0.39 is 18.1 Å². The van der Waals surface area contributed by atoms with Gasteiger partial charge in [-0.25, -0.2) is 9.78 Å². The summed E-state index contributed by atoms with van der Waals surface area (Å²) in [5, 5.41) is 2.79.